The van der Waals surface area contributed by atoms with Crippen molar-refractivity contribution < 1.29 is 5.11 Å². The molecule has 0 aliphatic heterocycles. The molecule has 0 saturated heterocycles. The summed E-state index contributed by atoms with van der Waals surface area (Å²) in [5.74, 6) is 0.689. The largest absolute Gasteiger partial charge is 0.392 e. The Morgan fingerprint density at radius 3 is 2.71 bits per heavy atom. The van der Waals surface area contributed by atoms with Gasteiger partial charge in [-0.25, -0.2) is 9.97 Å². The summed E-state index contributed by atoms with van der Waals surface area (Å²) < 4.78 is 0. The van der Waals surface area contributed by atoms with Gasteiger partial charge in [-0.2, -0.15) is 0 Å². The van der Waals surface area contributed by atoms with Crippen LogP contribution in [0.5, 0.6) is 0 Å². The second-order valence-corrected chi connectivity index (χ2v) is 7.61. The zero-order valence-electron chi connectivity index (χ0n) is 13.0. The third kappa shape index (κ3) is 4.08. The third-order valence-electron chi connectivity index (χ3n) is 3.27. The Morgan fingerprint density at radius 2 is 2.10 bits per heavy atom. The summed E-state index contributed by atoms with van der Waals surface area (Å²) in [5.41, 5.74) is 0. The molecule has 2 N–H and O–H groups in total. The number of aryl methyl sites for hydroxylation is 1. The Balaban J connectivity index is 2.40. The first-order chi connectivity index (χ1) is 10.0. The van der Waals surface area contributed by atoms with Gasteiger partial charge in [-0.3, -0.25) is 0 Å². The first kappa shape index (κ1) is 16.5. The summed E-state index contributed by atoms with van der Waals surface area (Å²) in [7, 11) is 0. The number of fused-ring (bicyclic) bond motifs is 1. The smallest absolute Gasteiger partial charge is 0.225 e. The molecular formula is C15H23N3OS2. The molecule has 2 atom stereocenters. The van der Waals surface area contributed by atoms with Crippen molar-refractivity contribution in [2.75, 3.05) is 11.9 Å². The van der Waals surface area contributed by atoms with Crippen molar-refractivity contribution in [3.8, 4) is 0 Å². The van der Waals surface area contributed by atoms with E-state index < -0.39 is 0 Å². The standard InChI is InChI=1S/C15H23N3OS2/c1-5-7-16-15-17-13(20-10(4)9(3)19)12-8-11(6-2)21-14(12)18-15/h8-10,19H,5-7H2,1-4H3,(H,16,17,18). The summed E-state index contributed by atoms with van der Waals surface area (Å²) in [6, 6.07) is 2.18. The zero-order chi connectivity index (χ0) is 15.4. The molecule has 0 spiro atoms. The Bertz CT molecular complexity index is 598. The topological polar surface area (TPSA) is 58.0 Å². The summed E-state index contributed by atoms with van der Waals surface area (Å²) in [4.78, 5) is 11.6. The Hall–Kier alpha value is -0.850. The molecule has 0 radical (unpaired) electrons. The van der Waals surface area contributed by atoms with Gasteiger partial charge < -0.3 is 10.4 Å². The first-order valence-electron chi connectivity index (χ1n) is 7.44. The van der Waals surface area contributed by atoms with Gasteiger partial charge in [0.05, 0.1) is 6.10 Å². The number of aliphatic hydroxyl groups is 1. The number of thiophene rings is 1. The minimum Gasteiger partial charge on any atom is -0.392 e. The third-order valence-corrected chi connectivity index (χ3v) is 5.74. The molecular weight excluding hydrogens is 302 g/mol. The van der Waals surface area contributed by atoms with E-state index in [4.69, 9.17) is 0 Å². The van der Waals surface area contributed by atoms with E-state index in [-0.39, 0.29) is 11.4 Å². The lowest BCUT2D eigenvalue weighted by Crippen LogP contribution is -2.15. The molecule has 2 heterocycles. The highest BCUT2D eigenvalue weighted by Crippen LogP contribution is 2.35. The average molecular weight is 326 g/mol. The number of thioether (sulfide) groups is 1. The van der Waals surface area contributed by atoms with Gasteiger partial charge in [0.1, 0.15) is 9.86 Å². The molecule has 4 nitrogen and oxygen atoms in total. The van der Waals surface area contributed by atoms with Crippen LogP contribution in [0.2, 0.25) is 0 Å². The van der Waals surface area contributed by atoms with Crippen molar-refractivity contribution in [2.24, 2.45) is 0 Å². The quantitative estimate of drug-likeness (QED) is 0.596. The van der Waals surface area contributed by atoms with Crippen molar-refractivity contribution in [2.45, 2.75) is 56.9 Å². The maximum atomic E-state index is 9.74. The maximum Gasteiger partial charge on any atom is 0.225 e. The molecule has 2 aromatic rings. The summed E-state index contributed by atoms with van der Waals surface area (Å²) >= 11 is 3.35. The normalized spacial score (nSPS) is 14.3. The van der Waals surface area contributed by atoms with Gasteiger partial charge in [-0.15, -0.1) is 11.3 Å². The fourth-order valence-electron chi connectivity index (χ4n) is 1.80. The summed E-state index contributed by atoms with van der Waals surface area (Å²) in [5, 5.41) is 15.2. The Labute approximate surface area is 134 Å². The SMILES string of the molecule is CCCNc1nc(SC(C)C(C)O)c2cc(CC)sc2n1. The minimum absolute atomic E-state index is 0.104. The van der Waals surface area contributed by atoms with Crippen LogP contribution in [0.3, 0.4) is 0 Å². The highest BCUT2D eigenvalue weighted by atomic mass is 32.2. The average Bonchev–Trinajstić information content (AvgIpc) is 2.88. The monoisotopic (exact) mass is 325 g/mol. The van der Waals surface area contributed by atoms with E-state index in [0.717, 1.165) is 34.6 Å². The van der Waals surface area contributed by atoms with E-state index in [0.29, 0.717) is 5.95 Å². The van der Waals surface area contributed by atoms with E-state index in [2.05, 4.69) is 35.2 Å². The number of hydrogen-bond donors (Lipinski definition) is 2. The predicted molar refractivity (Wildman–Crippen MR) is 92.6 cm³/mol. The summed E-state index contributed by atoms with van der Waals surface area (Å²) in [6.45, 7) is 8.98. The van der Waals surface area contributed by atoms with E-state index in [1.165, 1.54) is 4.88 Å². The molecule has 0 bridgehead atoms. The van der Waals surface area contributed by atoms with Crippen LogP contribution in [-0.4, -0.2) is 33.0 Å². The molecule has 0 aliphatic carbocycles. The highest BCUT2D eigenvalue weighted by molar-refractivity contribution is 8.00. The molecule has 0 aliphatic rings. The number of nitrogens with one attached hydrogen (secondary N) is 1. The second-order valence-electron chi connectivity index (χ2n) is 5.13. The lowest BCUT2D eigenvalue weighted by Gasteiger charge is -2.14. The zero-order valence-corrected chi connectivity index (χ0v) is 14.6. The lowest BCUT2D eigenvalue weighted by atomic mass is 10.3. The van der Waals surface area contributed by atoms with Crippen molar-refractivity contribution in [3.05, 3.63) is 10.9 Å². The predicted octanol–water partition coefficient (Wildman–Crippen LogP) is 3.94. The van der Waals surface area contributed by atoms with Crippen LogP contribution < -0.4 is 5.32 Å². The van der Waals surface area contributed by atoms with E-state index >= 15 is 0 Å². The molecule has 0 amide bonds. The van der Waals surface area contributed by atoms with Gasteiger partial charge in [-0.1, -0.05) is 32.5 Å². The van der Waals surface area contributed by atoms with Gasteiger partial charge in [0.2, 0.25) is 5.95 Å². The lowest BCUT2D eigenvalue weighted by molar-refractivity contribution is 0.196. The van der Waals surface area contributed by atoms with E-state index in [1.807, 2.05) is 13.8 Å². The van der Waals surface area contributed by atoms with Crippen LogP contribution in [-0.2, 0) is 6.42 Å². The van der Waals surface area contributed by atoms with Crippen LogP contribution in [0.1, 0.15) is 39.0 Å². The second kappa shape index (κ2) is 7.42. The number of aromatic nitrogens is 2. The van der Waals surface area contributed by atoms with Crippen molar-refractivity contribution in [1.82, 2.24) is 9.97 Å². The highest BCUT2D eigenvalue weighted by Gasteiger charge is 2.17. The van der Waals surface area contributed by atoms with Crippen LogP contribution in [0, 0.1) is 0 Å². The number of hydrogen-bond acceptors (Lipinski definition) is 6. The molecule has 0 saturated carbocycles. The Kier molecular flexibility index (Phi) is 5.84. The first-order valence-corrected chi connectivity index (χ1v) is 9.13. The fourth-order valence-corrected chi connectivity index (χ4v) is 3.80. The number of rotatable bonds is 7. The van der Waals surface area contributed by atoms with Crippen LogP contribution >= 0.6 is 23.1 Å². The molecule has 2 aromatic heterocycles. The van der Waals surface area contributed by atoms with Gasteiger partial charge in [0.15, 0.2) is 0 Å². The van der Waals surface area contributed by atoms with Gasteiger partial charge in [0.25, 0.3) is 0 Å². The molecule has 0 aromatic carbocycles. The van der Waals surface area contributed by atoms with E-state index in [9.17, 15) is 5.11 Å². The van der Waals surface area contributed by atoms with E-state index in [1.54, 1.807) is 23.1 Å². The number of nitrogens with zero attached hydrogens (tertiary/aromatic N) is 2. The molecule has 2 unspecified atom stereocenters. The van der Waals surface area contributed by atoms with Crippen LogP contribution in [0.25, 0.3) is 10.2 Å². The van der Waals surface area contributed by atoms with Crippen LogP contribution in [0.15, 0.2) is 11.1 Å². The fraction of sp³-hybridized carbons (Fsp3) is 0.600. The molecule has 6 heteroatoms. The number of aliphatic hydroxyl groups excluding tert-OH is 1. The Morgan fingerprint density at radius 1 is 1.33 bits per heavy atom. The number of anilines is 1. The van der Waals surface area contributed by atoms with Crippen molar-refractivity contribution in [3.63, 3.8) is 0 Å². The van der Waals surface area contributed by atoms with Crippen molar-refractivity contribution in [1.29, 1.82) is 0 Å². The molecule has 2 rings (SSSR count). The molecule has 116 valence electrons. The molecule has 21 heavy (non-hydrogen) atoms. The van der Waals surface area contributed by atoms with Gasteiger partial charge in [-0.05, 0) is 25.8 Å². The van der Waals surface area contributed by atoms with Gasteiger partial charge >= 0.3 is 0 Å². The summed E-state index contributed by atoms with van der Waals surface area (Å²) in [6.07, 6.45) is 1.68. The van der Waals surface area contributed by atoms with Gasteiger partial charge in [0, 0.05) is 22.1 Å². The minimum atomic E-state index is -0.364. The van der Waals surface area contributed by atoms with Crippen molar-refractivity contribution >= 4 is 39.3 Å². The maximum absolute atomic E-state index is 9.74. The van der Waals surface area contributed by atoms with Crippen LogP contribution in [0.4, 0.5) is 5.95 Å². The molecule has 0 fully saturated rings.